The van der Waals surface area contributed by atoms with Crippen LogP contribution in [-0.4, -0.2) is 17.8 Å². The molecular weight excluding hydrogens is 200 g/mol. The molecule has 1 aromatic rings. The summed E-state index contributed by atoms with van der Waals surface area (Å²) in [5.74, 6) is 0. The first kappa shape index (κ1) is 12.7. The molecule has 0 bridgehead atoms. The van der Waals surface area contributed by atoms with Gasteiger partial charge in [0.05, 0.1) is 17.7 Å². The van der Waals surface area contributed by atoms with Gasteiger partial charge in [-0.25, -0.2) is 0 Å². The molecule has 0 heterocycles. The first-order valence-electron chi connectivity index (χ1n) is 5.64. The van der Waals surface area contributed by atoms with Crippen molar-refractivity contribution < 1.29 is 5.11 Å². The highest BCUT2D eigenvalue weighted by atomic mass is 16.3. The van der Waals surface area contributed by atoms with Gasteiger partial charge in [-0.05, 0) is 37.1 Å². The Labute approximate surface area is 96.7 Å². The van der Waals surface area contributed by atoms with Gasteiger partial charge >= 0.3 is 0 Å². The van der Waals surface area contributed by atoms with Crippen LogP contribution in [0, 0.1) is 11.3 Å². The molecule has 0 aromatic heterocycles. The standard InChI is InChI=1S/C13H18N2O/c1-2-13(16)7-8-15-10-12-5-3-11(9-14)4-6-12/h3-6,13,15-16H,2,7-8,10H2,1H3. The third kappa shape index (κ3) is 4.43. The number of hydrogen-bond acceptors (Lipinski definition) is 3. The zero-order valence-corrected chi connectivity index (χ0v) is 9.61. The Bertz CT molecular complexity index is 340. The van der Waals surface area contributed by atoms with Gasteiger partial charge < -0.3 is 10.4 Å². The Morgan fingerprint density at radius 2 is 2.06 bits per heavy atom. The number of nitriles is 1. The Morgan fingerprint density at radius 3 is 2.62 bits per heavy atom. The maximum atomic E-state index is 9.35. The molecule has 0 aliphatic rings. The first-order chi connectivity index (χ1) is 7.76. The molecule has 0 spiro atoms. The Morgan fingerprint density at radius 1 is 1.38 bits per heavy atom. The molecule has 0 fully saturated rings. The van der Waals surface area contributed by atoms with Crippen LogP contribution in [-0.2, 0) is 6.54 Å². The van der Waals surface area contributed by atoms with Crippen LogP contribution >= 0.6 is 0 Å². The van der Waals surface area contributed by atoms with Crippen molar-refractivity contribution in [1.29, 1.82) is 5.26 Å². The van der Waals surface area contributed by atoms with Gasteiger partial charge in [0.25, 0.3) is 0 Å². The van der Waals surface area contributed by atoms with Gasteiger partial charge in [-0.15, -0.1) is 0 Å². The number of hydrogen-bond donors (Lipinski definition) is 2. The normalized spacial score (nSPS) is 12.1. The molecule has 1 atom stereocenters. The molecule has 0 aliphatic heterocycles. The van der Waals surface area contributed by atoms with Crippen molar-refractivity contribution in [2.75, 3.05) is 6.54 Å². The van der Waals surface area contributed by atoms with Crippen LogP contribution in [0.2, 0.25) is 0 Å². The van der Waals surface area contributed by atoms with Crippen molar-refractivity contribution in [1.82, 2.24) is 5.32 Å². The van der Waals surface area contributed by atoms with Crippen molar-refractivity contribution in [3.8, 4) is 6.07 Å². The van der Waals surface area contributed by atoms with E-state index in [1.54, 1.807) is 0 Å². The Balaban J connectivity index is 2.25. The SMILES string of the molecule is CCC(O)CCNCc1ccc(C#N)cc1. The van der Waals surface area contributed by atoms with Gasteiger partial charge in [-0.3, -0.25) is 0 Å². The molecule has 3 heteroatoms. The maximum absolute atomic E-state index is 9.35. The predicted molar refractivity (Wildman–Crippen MR) is 63.8 cm³/mol. The lowest BCUT2D eigenvalue weighted by atomic mass is 10.1. The van der Waals surface area contributed by atoms with Crippen molar-refractivity contribution in [2.45, 2.75) is 32.4 Å². The van der Waals surface area contributed by atoms with Crippen LogP contribution in [0.5, 0.6) is 0 Å². The molecule has 0 amide bonds. The molecule has 0 saturated carbocycles. The Kier molecular flexibility index (Phi) is 5.55. The number of aliphatic hydroxyl groups is 1. The van der Waals surface area contributed by atoms with Gasteiger partial charge in [0.15, 0.2) is 0 Å². The number of rotatable bonds is 6. The van der Waals surface area contributed by atoms with Gasteiger partial charge in [0.1, 0.15) is 0 Å². The largest absolute Gasteiger partial charge is 0.393 e. The van der Waals surface area contributed by atoms with Crippen LogP contribution in [0.15, 0.2) is 24.3 Å². The highest BCUT2D eigenvalue weighted by Crippen LogP contribution is 2.03. The van der Waals surface area contributed by atoms with Gasteiger partial charge in [0, 0.05) is 6.54 Å². The molecule has 2 N–H and O–H groups in total. The second-order valence-corrected chi connectivity index (χ2v) is 3.84. The summed E-state index contributed by atoms with van der Waals surface area (Å²) >= 11 is 0. The van der Waals surface area contributed by atoms with Crippen LogP contribution in [0.25, 0.3) is 0 Å². The smallest absolute Gasteiger partial charge is 0.0991 e. The maximum Gasteiger partial charge on any atom is 0.0991 e. The van der Waals surface area contributed by atoms with Gasteiger partial charge in [-0.2, -0.15) is 5.26 Å². The lowest BCUT2D eigenvalue weighted by molar-refractivity contribution is 0.159. The van der Waals surface area contributed by atoms with E-state index in [9.17, 15) is 5.11 Å². The van der Waals surface area contributed by atoms with Crippen molar-refractivity contribution >= 4 is 0 Å². The van der Waals surface area contributed by atoms with E-state index >= 15 is 0 Å². The van der Waals surface area contributed by atoms with Crippen molar-refractivity contribution in [3.63, 3.8) is 0 Å². The van der Waals surface area contributed by atoms with E-state index in [4.69, 9.17) is 5.26 Å². The van der Waals surface area contributed by atoms with E-state index in [2.05, 4.69) is 11.4 Å². The molecule has 0 radical (unpaired) electrons. The average Bonchev–Trinajstić information content (AvgIpc) is 2.35. The van der Waals surface area contributed by atoms with Crippen LogP contribution in [0.4, 0.5) is 0 Å². The highest BCUT2D eigenvalue weighted by Gasteiger charge is 1.99. The predicted octanol–water partition coefficient (Wildman–Crippen LogP) is 1.81. The summed E-state index contributed by atoms with van der Waals surface area (Å²) in [5.41, 5.74) is 1.84. The summed E-state index contributed by atoms with van der Waals surface area (Å²) in [6, 6.07) is 9.62. The molecular formula is C13H18N2O. The second kappa shape index (κ2) is 7.00. The van der Waals surface area contributed by atoms with Gasteiger partial charge in [-0.1, -0.05) is 19.1 Å². The minimum absolute atomic E-state index is 0.200. The summed E-state index contributed by atoms with van der Waals surface area (Å²) in [6.45, 7) is 3.57. The summed E-state index contributed by atoms with van der Waals surface area (Å²) < 4.78 is 0. The van der Waals surface area contributed by atoms with E-state index in [1.165, 1.54) is 0 Å². The lowest BCUT2D eigenvalue weighted by Crippen LogP contribution is -2.19. The summed E-state index contributed by atoms with van der Waals surface area (Å²) in [6.07, 6.45) is 1.39. The molecule has 0 saturated heterocycles. The molecule has 16 heavy (non-hydrogen) atoms. The fourth-order valence-electron chi connectivity index (χ4n) is 1.40. The first-order valence-corrected chi connectivity index (χ1v) is 5.64. The fourth-order valence-corrected chi connectivity index (χ4v) is 1.40. The number of benzene rings is 1. The van der Waals surface area contributed by atoms with E-state index in [0.717, 1.165) is 31.5 Å². The summed E-state index contributed by atoms with van der Waals surface area (Å²) in [5, 5.41) is 21.2. The van der Waals surface area contributed by atoms with Gasteiger partial charge in [0.2, 0.25) is 0 Å². The summed E-state index contributed by atoms with van der Waals surface area (Å²) in [7, 11) is 0. The van der Waals surface area contributed by atoms with Crippen LogP contribution in [0.1, 0.15) is 30.9 Å². The van der Waals surface area contributed by atoms with E-state index in [-0.39, 0.29) is 6.10 Å². The third-order valence-electron chi connectivity index (χ3n) is 2.54. The Hall–Kier alpha value is -1.37. The molecule has 1 unspecified atom stereocenters. The number of aliphatic hydroxyl groups excluding tert-OH is 1. The topological polar surface area (TPSA) is 56.0 Å². The van der Waals surface area contributed by atoms with Crippen LogP contribution in [0.3, 0.4) is 0 Å². The van der Waals surface area contributed by atoms with E-state index in [0.29, 0.717) is 5.56 Å². The lowest BCUT2D eigenvalue weighted by Gasteiger charge is -2.08. The summed E-state index contributed by atoms with van der Waals surface area (Å²) in [4.78, 5) is 0. The number of nitrogens with zero attached hydrogens (tertiary/aromatic N) is 1. The average molecular weight is 218 g/mol. The molecule has 86 valence electrons. The third-order valence-corrected chi connectivity index (χ3v) is 2.54. The van der Waals surface area contributed by atoms with E-state index < -0.39 is 0 Å². The monoisotopic (exact) mass is 218 g/mol. The zero-order valence-electron chi connectivity index (χ0n) is 9.61. The molecule has 1 aromatic carbocycles. The molecule has 3 nitrogen and oxygen atoms in total. The zero-order chi connectivity index (χ0) is 11.8. The highest BCUT2D eigenvalue weighted by molar-refractivity contribution is 5.31. The fraction of sp³-hybridized carbons (Fsp3) is 0.462. The number of nitrogens with one attached hydrogen (secondary N) is 1. The van der Waals surface area contributed by atoms with Crippen molar-refractivity contribution in [3.05, 3.63) is 35.4 Å². The molecule has 1 rings (SSSR count). The van der Waals surface area contributed by atoms with Crippen LogP contribution < -0.4 is 5.32 Å². The quantitative estimate of drug-likeness (QED) is 0.716. The molecule has 0 aliphatic carbocycles. The minimum atomic E-state index is -0.200. The van der Waals surface area contributed by atoms with E-state index in [1.807, 2.05) is 31.2 Å². The van der Waals surface area contributed by atoms with Crippen molar-refractivity contribution in [2.24, 2.45) is 0 Å². The second-order valence-electron chi connectivity index (χ2n) is 3.84. The minimum Gasteiger partial charge on any atom is -0.393 e.